The lowest BCUT2D eigenvalue weighted by Gasteiger charge is -2.24. The second-order valence-electron chi connectivity index (χ2n) is 4.28. The Morgan fingerprint density at radius 3 is 2.71 bits per heavy atom. The summed E-state index contributed by atoms with van der Waals surface area (Å²) in [5.74, 6) is 0. The number of aryl methyl sites for hydroxylation is 1. The van der Waals surface area contributed by atoms with Crippen LogP contribution in [0.5, 0.6) is 0 Å². The molecule has 1 aromatic rings. The van der Waals surface area contributed by atoms with Gasteiger partial charge in [-0.1, -0.05) is 6.92 Å². The van der Waals surface area contributed by atoms with E-state index in [0.29, 0.717) is 0 Å². The number of hydrogen-bond acceptors (Lipinski definition) is 3. The van der Waals surface area contributed by atoms with Crippen LogP contribution in [0.3, 0.4) is 0 Å². The van der Waals surface area contributed by atoms with Crippen molar-refractivity contribution >= 4 is 11.3 Å². The molecule has 0 saturated carbocycles. The van der Waals surface area contributed by atoms with Crippen molar-refractivity contribution in [2.75, 3.05) is 6.54 Å². The summed E-state index contributed by atoms with van der Waals surface area (Å²) in [6.07, 6.45) is 2.26. The molecule has 1 aromatic heterocycles. The molecule has 0 amide bonds. The molecule has 1 N–H and O–H groups in total. The van der Waals surface area contributed by atoms with E-state index < -0.39 is 0 Å². The number of nitrogens with one attached hydrogen (secondary N) is 1. The number of aromatic nitrogens is 1. The van der Waals surface area contributed by atoms with Gasteiger partial charge in [0.1, 0.15) is 0 Å². The van der Waals surface area contributed by atoms with Gasteiger partial charge in [-0.2, -0.15) is 0 Å². The molecular formula is C11H20N2S. The SMILES string of the molecule is CCC(C)(C)NCCc1scnc1C. The highest BCUT2D eigenvalue weighted by atomic mass is 32.1. The third kappa shape index (κ3) is 3.39. The molecule has 0 fully saturated rings. The predicted octanol–water partition coefficient (Wildman–Crippen LogP) is 2.77. The summed E-state index contributed by atoms with van der Waals surface area (Å²) >= 11 is 1.76. The quantitative estimate of drug-likeness (QED) is 0.812. The van der Waals surface area contributed by atoms with Crippen LogP contribution >= 0.6 is 11.3 Å². The number of hydrogen-bond donors (Lipinski definition) is 1. The highest BCUT2D eigenvalue weighted by Gasteiger charge is 2.13. The van der Waals surface area contributed by atoms with Gasteiger partial charge >= 0.3 is 0 Å². The van der Waals surface area contributed by atoms with E-state index in [2.05, 4.69) is 38.0 Å². The van der Waals surface area contributed by atoms with Crippen LogP contribution in [0.25, 0.3) is 0 Å². The predicted molar refractivity (Wildman–Crippen MR) is 62.9 cm³/mol. The molecule has 3 heteroatoms. The second-order valence-corrected chi connectivity index (χ2v) is 5.21. The molecule has 0 unspecified atom stereocenters. The molecule has 80 valence electrons. The van der Waals surface area contributed by atoms with Crippen molar-refractivity contribution in [3.05, 3.63) is 16.1 Å². The Hall–Kier alpha value is -0.410. The van der Waals surface area contributed by atoms with E-state index in [0.717, 1.165) is 19.4 Å². The summed E-state index contributed by atoms with van der Waals surface area (Å²) < 4.78 is 0. The summed E-state index contributed by atoms with van der Waals surface area (Å²) in [6, 6.07) is 0. The van der Waals surface area contributed by atoms with Gasteiger partial charge in [-0.25, -0.2) is 4.98 Å². The van der Waals surface area contributed by atoms with Crippen LogP contribution in [-0.2, 0) is 6.42 Å². The fourth-order valence-electron chi connectivity index (χ4n) is 1.21. The lowest BCUT2D eigenvalue weighted by Crippen LogP contribution is -2.39. The zero-order valence-corrected chi connectivity index (χ0v) is 10.4. The third-order valence-corrected chi connectivity index (χ3v) is 3.68. The molecule has 0 bridgehead atoms. The molecule has 1 rings (SSSR count). The van der Waals surface area contributed by atoms with Gasteiger partial charge in [0.25, 0.3) is 0 Å². The summed E-state index contributed by atoms with van der Waals surface area (Å²) in [5.41, 5.74) is 3.37. The monoisotopic (exact) mass is 212 g/mol. The van der Waals surface area contributed by atoms with Crippen molar-refractivity contribution in [2.24, 2.45) is 0 Å². The van der Waals surface area contributed by atoms with Crippen LogP contribution in [0.1, 0.15) is 37.8 Å². The first kappa shape index (κ1) is 11.7. The molecule has 0 radical (unpaired) electrons. The van der Waals surface area contributed by atoms with E-state index in [1.54, 1.807) is 11.3 Å². The third-order valence-electron chi connectivity index (χ3n) is 2.68. The maximum Gasteiger partial charge on any atom is 0.0797 e. The van der Waals surface area contributed by atoms with Crippen LogP contribution in [0, 0.1) is 6.92 Å². The van der Waals surface area contributed by atoms with E-state index in [4.69, 9.17) is 0 Å². The Morgan fingerprint density at radius 1 is 1.50 bits per heavy atom. The summed E-state index contributed by atoms with van der Waals surface area (Å²) in [5, 5.41) is 3.55. The van der Waals surface area contributed by atoms with E-state index >= 15 is 0 Å². The summed E-state index contributed by atoms with van der Waals surface area (Å²) in [7, 11) is 0. The topological polar surface area (TPSA) is 24.9 Å². The molecule has 0 atom stereocenters. The van der Waals surface area contributed by atoms with Crippen molar-refractivity contribution in [3.63, 3.8) is 0 Å². The zero-order chi connectivity index (χ0) is 10.6. The highest BCUT2D eigenvalue weighted by Crippen LogP contribution is 2.13. The Kier molecular flexibility index (Phi) is 4.08. The average Bonchev–Trinajstić information content (AvgIpc) is 2.52. The van der Waals surface area contributed by atoms with E-state index in [9.17, 15) is 0 Å². The first-order chi connectivity index (χ1) is 6.55. The Balaban J connectivity index is 2.32. The molecule has 14 heavy (non-hydrogen) atoms. The van der Waals surface area contributed by atoms with Crippen molar-refractivity contribution < 1.29 is 0 Å². The minimum absolute atomic E-state index is 0.262. The minimum atomic E-state index is 0.262. The normalized spacial score (nSPS) is 12.0. The van der Waals surface area contributed by atoms with Crippen molar-refractivity contribution in [1.29, 1.82) is 0 Å². The van der Waals surface area contributed by atoms with Crippen LogP contribution in [-0.4, -0.2) is 17.1 Å². The lowest BCUT2D eigenvalue weighted by atomic mass is 10.0. The lowest BCUT2D eigenvalue weighted by molar-refractivity contribution is 0.380. The number of rotatable bonds is 5. The van der Waals surface area contributed by atoms with Crippen molar-refractivity contribution in [2.45, 2.75) is 46.1 Å². The fraction of sp³-hybridized carbons (Fsp3) is 0.727. The minimum Gasteiger partial charge on any atom is -0.311 e. The number of thiazole rings is 1. The molecule has 0 aliphatic carbocycles. The maximum absolute atomic E-state index is 4.24. The van der Waals surface area contributed by atoms with Gasteiger partial charge in [-0.05, 0) is 33.6 Å². The summed E-state index contributed by atoms with van der Waals surface area (Å²) in [4.78, 5) is 5.65. The molecule has 1 heterocycles. The smallest absolute Gasteiger partial charge is 0.0797 e. The largest absolute Gasteiger partial charge is 0.311 e. The molecular weight excluding hydrogens is 192 g/mol. The van der Waals surface area contributed by atoms with Crippen molar-refractivity contribution in [3.8, 4) is 0 Å². The van der Waals surface area contributed by atoms with Gasteiger partial charge in [0.2, 0.25) is 0 Å². The van der Waals surface area contributed by atoms with Crippen molar-refractivity contribution in [1.82, 2.24) is 10.3 Å². The van der Waals surface area contributed by atoms with Crippen LogP contribution in [0.4, 0.5) is 0 Å². The second kappa shape index (κ2) is 4.89. The Morgan fingerprint density at radius 2 is 2.21 bits per heavy atom. The Bertz CT molecular complexity index is 279. The highest BCUT2D eigenvalue weighted by molar-refractivity contribution is 7.09. The van der Waals surface area contributed by atoms with Gasteiger partial charge < -0.3 is 5.32 Å². The van der Waals surface area contributed by atoms with Gasteiger partial charge in [-0.3, -0.25) is 0 Å². The maximum atomic E-state index is 4.24. The van der Waals surface area contributed by atoms with Gasteiger partial charge in [0.05, 0.1) is 11.2 Å². The van der Waals surface area contributed by atoms with Gasteiger partial charge in [0, 0.05) is 17.0 Å². The van der Waals surface area contributed by atoms with E-state index in [1.807, 2.05) is 5.51 Å². The zero-order valence-electron chi connectivity index (χ0n) is 9.55. The van der Waals surface area contributed by atoms with Crippen LogP contribution < -0.4 is 5.32 Å². The number of nitrogens with zero attached hydrogens (tertiary/aromatic N) is 1. The summed E-state index contributed by atoms with van der Waals surface area (Å²) in [6.45, 7) is 9.82. The van der Waals surface area contributed by atoms with Crippen LogP contribution in [0.2, 0.25) is 0 Å². The van der Waals surface area contributed by atoms with E-state index in [-0.39, 0.29) is 5.54 Å². The Labute approximate surface area is 90.8 Å². The van der Waals surface area contributed by atoms with Gasteiger partial charge in [-0.15, -0.1) is 11.3 Å². The first-order valence-corrected chi connectivity index (χ1v) is 6.07. The molecule has 0 aliphatic rings. The van der Waals surface area contributed by atoms with Gasteiger partial charge in [0.15, 0.2) is 0 Å². The molecule has 0 saturated heterocycles. The molecule has 2 nitrogen and oxygen atoms in total. The molecule has 0 spiro atoms. The van der Waals surface area contributed by atoms with E-state index in [1.165, 1.54) is 10.6 Å². The van der Waals surface area contributed by atoms with Crippen LogP contribution in [0.15, 0.2) is 5.51 Å². The fourth-order valence-corrected chi connectivity index (χ4v) is 1.99. The first-order valence-electron chi connectivity index (χ1n) is 5.19. The molecule has 0 aliphatic heterocycles. The molecule has 0 aromatic carbocycles. The average molecular weight is 212 g/mol. The standard InChI is InChI=1S/C11H20N2S/c1-5-11(3,4)13-7-6-10-9(2)12-8-14-10/h8,13H,5-7H2,1-4H3.